The van der Waals surface area contributed by atoms with Crippen molar-refractivity contribution < 1.29 is 27.9 Å². The molecule has 142 valence electrons. The summed E-state index contributed by atoms with van der Waals surface area (Å²) in [5, 5.41) is 11.5. The standard InChI is InChI=1S/C19H17F3N2O3/c1-10-2-4-11(5-3-10)9-24-7-6-14(19(24)27)23-18(26)12-8-13(20)16(22)17(25)15(12)21/h2-5,8,14,25H,6-7,9H2,1H3,(H,23,26)/t14-/m0/s1. The molecular formula is C19H17F3N2O3. The Labute approximate surface area is 153 Å². The van der Waals surface area contributed by atoms with Gasteiger partial charge in [-0.3, -0.25) is 9.59 Å². The molecule has 2 amide bonds. The zero-order valence-corrected chi connectivity index (χ0v) is 14.4. The van der Waals surface area contributed by atoms with E-state index >= 15 is 0 Å². The highest BCUT2D eigenvalue weighted by molar-refractivity contribution is 5.98. The van der Waals surface area contributed by atoms with Gasteiger partial charge in [0.15, 0.2) is 17.4 Å². The lowest BCUT2D eigenvalue weighted by atomic mass is 10.1. The largest absolute Gasteiger partial charge is 0.503 e. The number of nitrogens with zero attached hydrogens (tertiary/aromatic N) is 1. The van der Waals surface area contributed by atoms with Crippen molar-refractivity contribution in [1.29, 1.82) is 0 Å². The Bertz CT molecular complexity index is 900. The van der Waals surface area contributed by atoms with Crippen molar-refractivity contribution in [3.05, 3.63) is 64.5 Å². The second-order valence-electron chi connectivity index (χ2n) is 6.44. The lowest BCUT2D eigenvalue weighted by molar-refractivity contribution is -0.129. The van der Waals surface area contributed by atoms with Gasteiger partial charge in [-0.1, -0.05) is 29.8 Å². The minimum atomic E-state index is -1.77. The van der Waals surface area contributed by atoms with Crippen LogP contribution in [0, 0.1) is 24.4 Å². The average molecular weight is 378 g/mol. The number of phenolic OH excluding ortho intramolecular Hbond substituents is 1. The molecular weight excluding hydrogens is 361 g/mol. The summed E-state index contributed by atoms with van der Waals surface area (Å²) in [5.74, 6) is -7.93. The summed E-state index contributed by atoms with van der Waals surface area (Å²) in [7, 11) is 0. The van der Waals surface area contributed by atoms with E-state index in [1.807, 2.05) is 31.2 Å². The van der Waals surface area contributed by atoms with E-state index in [4.69, 9.17) is 0 Å². The number of benzene rings is 2. The molecule has 1 fully saturated rings. The Morgan fingerprint density at radius 2 is 1.89 bits per heavy atom. The van der Waals surface area contributed by atoms with Crippen LogP contribution in [0.25, 0.3) is 0 Å². The van der Waals surface area contributed by atoms with Crippen molar-refractivity contribution in [2.24, 2.45) is 0 Å². The van der Waals surface area contributed by atoms with E-state index in [-0.39, 0.29) is 5.91 Å². The van der Waals surface area contributed by atoms with Crippen LogP contribution in [-0.4, -0.2) is 34.4 Å². The number of phenols is 1. The molecule has 1 saturated heterocycles. The van der Waals surface area contributed by atoms with Crippen LogP contribution in [0.4, 0.5) is 13.2 Å². The second kappa shape index (κ2) is 7.30. The lowest BCUT2D eigenvalue weighted by Gasteiger charge is -2.17. The summed E-state index contributed by atoms with van der Waals surface area (Å²) in [6, 6.07) is 7.09. The highest BCUT2D eigenvalue weighted by atomic mass is 19.2. The molecule has 0 aliphatic carbocycles. The summed E-state index contributed by atoms with van der Waals surface area (Å²) in [5.41, 5.74) is 1.15. The number of aryl methyl sites for hydroxylation is 1. The maximum Gasteiger partial charge on any atom is 0.255 e. The number of aromatic hydroxyl groups is 1. The smallest absolute Gasteiger partial charge is 0.255 e. The first-order chi connectivity index (χ1) is 12.8. The van der Waals surface area contributed by atoms with Crippen molar-refractivity contribution in [3.8, 4) is 5.75 Å². The predicted molar refractivity (Wildman–Crippen MR) is 90.4 cm³/mol. The number of rotatable bonds is 4. The van der Waals surface area contributed by atoms with E-state index in [9.17, 15) is 27.9 Å². The minimum Gasteiger partial charge on any atom is -0.503 e. The third kappa shape index (κ3) is 3.74. The van der Waals surface area contributed by atoms with E-state index < -0.39 is 40.7 Å². The first-order valence-electron chi connectivity index (χ1n) is 8.29. The van der Waals surface area contributed by atoms with Gasteiger partial charge < -0.3 is 15.3 Å². The zero-order valence-electron chi connectivity index (χ0n) is 14.4. The molecule has 3 rings (SSSR count). The summed E-state index contributed by atoms with van der Waals surface area (Å²) >= 11 is 0. The van der Waals surface area contributed by atoms with E-state index in [2.05, 4.69) is 5.32 Å². The first-order valence-corrected chi connectivity index (χ1v) is 8.29. The number of amides is 2. The van der Waals surface area contributed by atoms with Crippen molar-refractivity contribution >= 4 is 11.8 Å². The van der Waals surface area contributed by atoms with E-state index in [0.29, 0.717) is 25.6 Å². The van der Waals surface area contributed by atoms with Gasteiger partial charge in [0.2, 0.25) is 11.7 Å². The molecule has 5 nitrogen and oxygen atoms in total. The first kappa shape index (κ1) is 18.8. The number of hydrogen-bond acceptors (Lipinski definition) is 3. The van der Waals surface area contributed by atoms with Crippen molar-refractivity contribution in [2.75, 3.05) is 6.54 Å². The number of hydrogen-bond donors (Lipinski definition) is 2. The maximum atomic E-state index is 13.8. The van der Waals surface area contributed by atoms with Crippen LogP contribution in [-0.2, 0) is 11.3 Å². The summed E-state index contributed by atoms with van der Waals surface area (Å²) in [6.45, 7) is 2.71. The Balaban J connectivity index is 1.69. The quantitative estimate of drug-likeness (QED) is 0.804. The summed E-state index contributed by atoms with van der Waals surface area (Å²) in [6.07, 6.45) is 0.299. The van der Waals surface area contributed by atoms with Gasteiger partial charge in [-0.2, -0.15) is 4.39 Å². The number of carbonyl (C=O) groups excluding carboxylic acids is 2. The molecule has 1 atom stereocenters. The molecule has 0 bridgehead atoms. The third-order valence-electron chi connectivity index (χ3n) is 4.47. The van der Waals surface area contributed by atoms with Crippen LogP contribution in [0.2, 0.25) is 0 Å². The van der Waals surface area contributed by atoms with Crippen LogP contribution >= 0.6 is 0 Å². The molecule has 1 heterocycles. The fraction of sp³-hybridized carbons (Fsp3) is 0.263. The molecule has 0 radical (unpaired) electrons. The van der Waals surface area contributed by atoms with Gasteiger partial charge in [0.05, 0.1) is 5.56 Å². The molecule has 0 saturated carbocycles. The average Bonchev–Trinajstić information content (AvgIpc) is 2.98. The van der Waals surface area contributed by atoms with Crippen LogP contribution in [0.3, 0.4) is 0 Å². The molecule has 0 unspecified atom stereocenters. The zero-order chi connectivity index (χ0) is 19.7. The number of nitrogens with one attached hydrogen (secondary N) is 1. The fourth-order valence-corrected chi connectivity index (χ4v) is 2.94. The van der Waals surface area contributed by atoms with Gasteiger partial charge in [-0.15, -0.1) is 0 Å². The number of likely N-dealkylation sites (tertiary alicyclic amines) is 1. The molecule has 2 aromatic rings. The molecule has 1 aliphatic rings. The van der Waals surface area contributed by atoms with Gasteiger partial charge in [0.1, 0.15) is 6.04 Å². The van der Waals surface area contributed by atoms with Gasteiger partial charge in [0.25, 0.3) is 5.91 Å². The topological polar surface area (TPSA) is 69.6 Å². The van der Waals surface area contributed by atoms with Crippen LogP contribution in [0.5, 0.6) is 5.75 Å². The minimum absolute atomic E-state index is 0.299. The predicted octanol–water partition coefficient (Wildman–Crippen LogP) is 2.65. The Morgan fingerprint density at radius 3 is 2.56 bits per heavy atom. The molecule has 2 N–H and O–H groups in total. The summed E-state index contributed by atoms with van der Waals surface area (Å²) in [4.78, 5) is 26.2. The molecule has 0 spiro atoms. The second-order valence-corrected chi connectivity index (χ2v) is 6.44. The van der Waals surface area contributed by atoms with Gasteiger partial charge in [-0.05, 0) is 25.0 Å². The Morgan fingerprint density at radius 1 is 1.22 bits per heavy atom. The fourth-order valence-electron chi connectivity index (χ4n) is 2.94. The molecule has 27 heavy (non-hydrogen) atoms. The molecule has 2 aromatic carbocycles. The van der Waals surface area contributed by atoms with E-state index in [1.54, 1.807) is 4.90 Å². The monoisotopic (exact) mass is 378 g/mol. The highest BCUT2D eigenvalue weighted by Gasteiger charge is 2.34. The SMILES string of the molecule is Cc1ccc(CN2CC[C@H](NC(=O)c3cc(F)c(F)c(O)c3F)C2=O)cc1. The Hall–Kier alpha value is -3.03. The number of carbonyl (C=O) groups is 2. The molecule has 1 aliphatic heterocycles. The maximum absolute atomic E-state index is 13.8. The van der Waals surface area contributed by atoms with Crippen LogP contribution in [0.15, 0.2) is 30.3 Å². The van der Waals surface area contributed by atoms with E-state index in [0.717, 1.165) is 11.1 Å². The number of halogens is 3. The molecule has 0 aromatic heterocycles. The normalized spacial score (nSPS) is 16.7. The van der Waals surface area contributed by atoms with Gasteiger partial charge >= 0.3 is 0 Å². The highest BCUT2D eigenvalue weighted by Crippen LogP contribution is 2.26. The van der Waals surface area contributed by atoms with Gasteiger partial charge in [-0.25, -0.2) is 8.78 Å². The van der Waals surface area contributed by atoms with Crippen molar-refractivity contribution in [3.63, 3.8) is 0 Å². The van der Waals surface area contributed by atoms with Gasteiger partial charge in [0, 0.05) is 13.1 Å². The Kier molecular flexibility index (Phi) is 5.07. The molecule has 8 heteroatoms. The lowest BCUT2D eigenvalue weighted by Crippen LogP contribution is -2.41. The van der Waals surface area contributed by atoms with Crippen molar-refractivity contribution in [1.82, 2.24) is 10.2 Å². The van der Waals surface area contributed by atoms with Crippen LogP contribution < -0.4 is 5.32 Å². The summed E-state index contributed by atoms with van der Waals surface area (Å²) < 4.78 is 40.3. The van der Waals surface area contributed by atoms with E-state index in [1.165, 1.54) is 0 Å². The van der Waals surface area contributed by atoms with Crippen molar-refractivity contribution in [2.45, 2.75) is 25.9 Å². The third-order valence-corrected chi connectivity index (χ3v) is 4.47. The van der Waals surface area contributed by atoms with Crippen LogP contribution in [0.1, 0.15) is 27.9 Å².